The van der Waals surface area contributed by atoms with Gasteiger partial charge in [0, 0.05) is 25.7 Å². The molecule has 19 heteroatoms. The molecule has 3 unspecified atom stereocenters. The topological polar surface area (TPSA) is 237 Å². The highest BCUT2D eigenvalue weighted by Crippen LogP contribution is 2.45. The quantitative estimate of drug-likeness (QED) is 0.0222. The molecule has 0 amide bonds. The first-order chi connectivity index (χ1) is 45.1. The van der Waals surface area contributed by atoms with E-state index in [1.165, 1.54) is 173 Å². The normalized spacial score (nSPS) is 14.4. The number of rotatable bonds is 72. The summed E-state index contributed by atoms with van der Waals surface area (Å²) in [5.41, 5.74) is 0. The molecule has 0 saturated carbocycles. The molecule has 0 spiro atoms. The molecule has 0 fully saturated rings. The van der Waals surface area contributed by atoms with Crippen LogP contribution in [0, 0.1) is 23.7 Å². The number of carbonyl (C=O) groups excluding carboxylic acids is 4. The van der Waals surface area contributed by atoms with Crippen LogP contribution in [0.5, 0.6) is 0 Å². The minimum absolute atomic E-state index is 0.103. The van der Waals surface area contributed by atoms with Gasteiger partial charge in [0.05, 0.1) is 26.4 Å². The van der Waals surface area contributed by atoms with Gasteiger partial charge in [-0.25, -0.2) is 9.13 Å². The maximum Gasteiger partial charge on any atom is 0.472 e. The molecule has 0 aliphatic heterocycles. The van der Waals surface area contributed by atoms with Crippen molar-refractivity contribution in [1.82, 2.24) is 0 Å². The first kappa shape index (κ1) is 92.1. The van der Waals surface area contributed by atoms with Gasteiger partial charge in [0.25, 0.3) is 0 Å². The van der Waals surface area contributed by atoms with Crippen molar-refractivity contribution in [3.63, 3.8) is 0 Å². The molecule has 3 N–H and O–H groups in total. The fraction of sp³-hybridized carbons (Fsp3) is 0.947. The molecule has 0 heterocycles. The summed E-state index contributed by atoms with van der Waals surface area (Å²) >= 11 is 0. The third-order valence-corrected chi connectivity index (χ3v) is 19.6. The van der Waals surface area contributed by atoms with Gasteiger partial charge in [-0.15, -0.1) is 0 Å². The molecule has 17 nitrogen and oxygen atoms in total. The zero-order valence-electron chi connectivity index (χ0n) is 61.6. The molecule has 0 radical (unpaired) electrons. The van der Waals surface area contributed by atoms with Gasteiger partial charge in [-0.3, -0.25) is 37.3 Å². The number of esters is 4. The minimum atomic E-state index is -4.95. The van der Waals surface area contributed by atoms with Crippen LogP contribution in [-0.4, -0.2) is 96.7 Å². The van der Waals surface area contributed by atoms with Crippen LogP contribution in [0.25, 0.3) is 0 Å². The largest absolute Gasteiger partial charge is 0.472 e. The van der Waals surface area contributed by atoms with E-state index in [1.807, 2.05) is 0 Å². The Kier molecular flexibility index (Phi) is 63.1. The van der Waals surface area contributed by atoms with Crippen LogP contribution in [0.1, 0.15) is 376 Å². The number of phosphoric ester groups is 2. The Bertz CT molecular complexity index is 1850. The van der Waals surface area contributed by atoms with Gasteiger partial charge in [-0.2, -0.15) is 0 Å². The van der Waals surface area contributed by atoms with Crippen molar-refractivity contribution in [1.29, 1.82) is 0 Å². The fourth-order valence-electron chi connectivity index (χ4n) is 11.3. The van der Waals surface area contributed by atoms with E-state index >= 15 is 0 Å². The van der Waals surface area contributed by atoms with Crippen molar-refractivity contribution >= 4 is 39.5 Å². The summed E-state index contributed by atoms with van der Waals surface area (Å²) in [5, 5.41) is 10.6. The van der Waals surface area contributed by atoms with Crippen molar-refractivity contribution in [3.05, 3.63) is 0 Å². The fourth-order valence-corrected chi connectivity index (χ4v) is 12.9. The molecule has 0 aromatic carbocycles. The molecule has 0 aliphatic rings. The first-order valence-corrected chi connectivity index (χ1v) is 41.7. The SMILES string of the molecule is CCC(C)CCCCCCCCC(=O)OC[C@H](COP(=O)(O)OC[C@H](O)COP(=O)(O)OC[C@@H](COC(=O)CCCCCCCCCCCCCCCCCCCCC(C)C)OC(=O)CCCCCCCCCC(C)C)OC(=O)CCCCCCCCCCCCC(C)C. The molecule has 558 valence electrons. The van der Waals surface area contributed by atoms with E-state index in [4.69, 9.17) is 37.0 Å². The van der Waals surface area contributed by atoms with E-state index in [0.717, 1.165) is 114 Å². The number of ether oxygens (including phenoxy) is 4. The van der Waals surface area contributed by atoms with Crippen LogP contribution in [0.2, 0.25) is 0 Å². The summed E-state index contributed by atoms with van der Waals surface area (Å²) in [6.07, 6.45) is 48.9. The average molecular weight is 1380 g/mol. The number of unbranched alkanes of at least 4 members (excludes halogenated alkanes) is 37. The number of phosphoric acid groups is 2. The molecule has 0 rings (SSSR count). The molecule has 0 aliphatic carbocycles. The Balaban J connectivity index is 5.15. The van der Waals surface area contributed by atoms with Crippen molar-refractivity contribution in [2.75, 3.05) is 39.6 Å². The summed E-state index contributed by atoms with van der Waals surface area (Å²) in [6, 6.07) is 0. The third-order valence-electron chi connectivity index (χ3n) is 17.7. The number of carbonyl (C=O) groups is 4. The molecular formula is C75H146O17P2. The zero-order valence-corrected chi connectivity index (χ0v) is 63.4. The Morgan fingerprint density at radius 1 is 0.298 bits per heavy atom. The van der Waals surface area contributed by atoms with Gasteiger partial charge < -0.3 is 33.8 Å². The lowest BCUT2D eigenvalue weighted by molar-refractivity contribution is -0.161. The Hall–Kier alpha value is -1.94. The third kappa shape index (κ3) is 67.3. The van der Waals surface area contributed by atoms with Crippen molar-refractivity contribution in [3.8, 4) is 0 Å². The van der Waals surface area contributed by atoms with E-state index in [1.54, 1.807) is 0 Å². The lowest BCUT2D eigenvalue weighted by Crippen LogP contribution is -2.30. The Morgan fingerprint density at radius 3 is 0.755 bits per heavy atom. The smallest absolute Gasteiger partial charge is 0.462 e. The summed E-state index contributed by atoms with van der Waals surface area (Å²) in [6.45, 7) is 14.1. The lowest BCUT2D eigenvalue weighted by Gasteiger charge is -2.21. The Labute approximate surface area is 575 Å². The van der Waals surface area contributed by atoms with Gasteiger partial charge in [-0.1, -0.05) is 325 Å². The minimum Gasteiger partial charge on any atom is -0.462 e. The second-order valence-electron chi connectivity index (χ2n) is 28.7. The van der Waals surface area contributed by atoms with Gasteiger partial charge in [0.1, 0.15) is 19.3 Å². The highest BCUT2D eigenvalue weighted by Gasteiger charge is 2.30. The first-order valence-electron chi connectivity index (χ1n) is 38.7. The van der Waals surface area contributed by atoms with E-state index in [0.29, 0.717) is 31.6 Å². The maximum absolute atomic E-state index is 13.0. The number of aliphatic hydroxyl groups is 1. The summed E-state index contributed by atoms with van der Waals surface area (Å²) in [5.74, 6) is 0.875. The highest BCUT2D eigenvalue weighted by atomic mass is 31.2. The summed E-state index contributed by atoms with van der Waals surface area (Å²) in [4.78, 5) is 72.7. The van der Waals surface area contributed by atoms with Crippen LogP contribution in [0.4, 0.5) is 0 Å². The second-order valence-corrected chi connectivity index (χ2v) is 31.6. The van der Waals surface area contributed by atoms with Crippen molar-refractivity contribution in [2.45, 2.75) is 395 Å². The van der Waals surface area contributed by atoms with Crippen LogP contribution in [-0.2, 0) is 65.4 Å². The zero-order chi connectivity index (χ0) is 69.6. The van der Waals surface area contributed by atoms with Crippen LogP contribution >= 0.6 is 15.6 Å². The maximum atomic E-state index is 13.0. The van der Waals surface area contributed by atoms with Gasteiger partial charge >= 0.3 is 39.5 Å². The van der Waals surface area contributed by atoms with Crippen molar-refractivity contribution in [2.24, 2.45) is 23.7 Å². The summed E-state index contributed by atoms with van der Waals surface area (Å²) < 4.78 is 68.4. The van der Waals surface area contributed by atoms with Crippen LogP contribution < -0.4 is 0 Å². The summed E-state index contributed by atoms with van der Waals surface area (Å²) in [7, 11) is -9.91. The molecule has 0 saturated heterocycles. The molecule has 0 aromatic heterocycles. The van der Waals surface area contributed by atoms with E-state index in [2.05, 4.69) is 55.4 Å². The molecule has 6 atom stereocenters. The predicted octanol–water partition coefficient (Wildman–Crippen LogP) is 21.7. The molecule has 0 bridgehead atoms. The molecule has 0 aromatic rings. The number of hydrogen-bond donors (Lipinski definition) is 3. The van der Waals surface area contributed by atoms with Gasteiger partial charge in [0.15, 0.2) is 12.2 Å². The van der Waals surface area contributed by atoms with Gasteiger partial charge in [0.2, 0.25) is 0 Å². The average Bonchev–Trinajstić information content (AvgIpc) is 2.98. The monoisotopic (exact) mass is 1380 g/mol. The number of aliphatic hydroxyl groups excluding tert-OH is 1. The Morgan fingerprint density at radius 2 is 0.511 bits per heavy atom. The standard InChI is InChI=1S/C75H146O17P2/c1-9-68(8)54-46-38-33-34-40-48-56-73(78)86-62-71(91-74(79)57-49-41-31-25-21-20-23-28-36-44-52-66(4)5)64-90-94(83,84)88-60-69(76)59-87-93(81,82)89-63-70(92-75(80)58-50-42-32-26-29-37-45-53-67(6)7)61-85-72(77)55-47-39-30-24-19-17-15-13-11-10-12-14-16-18-22-27-35-43-51-65(2)3/h65-71,76H,9-64H2,1-8H3,(H,81,82)(H,83,84)/t68?,69-,70-,71-/m1/s1. The predicted molar refractivity (Wildman–Crippen MR) is 381 cm³/mol. The lowest BCUT2D eigenvalue weighted by atomic mass is 10.00. The van der Waals surface area contributed by atoms with Gasteiger partial charge in [-0.05, 0) is 49.4 Å². The van der Waals surface area contributed by atoms with E-state index in [-0.39, 0.29) is 25.7 Å². The van der Waals surface area contributed by atoms with Crippen LogP contribution in [0.15, 0.2) is 0 Å². The molecular weight excluding hydrogens is 1230 g/mol. The molecule has 94 heavy (non-hydrogen) atoms. The second kappa shape index (κ2) is 64.4. The van der Waals surface area contributed by atoms with Crippen molar-refractivity contribution < 1.29 is 80.2 Å². The highest BCUT2D eigenvalue weighted by molar-refractivity contribution is 7.47. The van der Waals surface area contributed by atoms with E-state index in [9.17, 15) is 43.2 Å². The number of hydrogen-bond acceptors (Lipinski definition) is 15. The van der Waals surface area contributed by atoms with Crippen LogP contribution in [0.3, 0.4) is 0 Å². The van der Waals surface area contributed by atoms with E-state index < -0.39 is 97.5 Å².